The molecule has 6 nitrogen and oxygen atoms in total. The number of hydrogen-bond acceptors (Lipinski definition) is 6. The van der Waals surface area contributed by atoms with Gasteiger partial charge in [0.1, 0.15) is 13.2 Å². The summed E-state index contributed by atoms with van der Waals surface area (Å²) >= 11 is 0. The molecule has 53 heavy (non-hydrogen) atoms. The molecule has 0 amide bonds. The standard InChI is InChI=1S/C47H86O6/c1-4-7-10-13-16-18-20-22-23-24-25-27-28-31-34-37-40-46(49)52-43-44(42-51-45(48)39-36-33-30-15-12-9-6-3)53-47(50)41-38-35-32-29-26-21-19-17-14-11-8-5-2/h17,19,23-24,44H,4-16,18,20-22,25-43H2,1-3H3/b19-17-,24-23-. The van der Waals surface area contributed by atoms with Gasteiger partial charge >= 0.3 is 17.9 Å². The largest absolute Gasteiger partial charge is 0.462 e. The van der Waals surface area contributed by atoms with Crippen molar-refractivity contribution in [1.82, 2.24) is 0 Å². The van der Waals surface area contributed by atoms with Crippen LogP contribution >= 0.6 is 0 Å². The van der Waals surface area contributed by atoms with Crippen molar-refractivity contribution in [3.8, 4) is 0 Å². The average molecular weight is 747 g/mol. The fourth-order valence-corrected chi connectivity index (χ4v) is 6.43. The van der Waals surface area contributed by atoms with Gasteiger partial charge in [0.25, 0.3) is 0 Å². The van der Waals surface area contributed by atoms with Gasteiger partial charge in [-0.05, 0) is 70.6 Å². The molecule has 0 rings (SSSR count). The number of carbonyl (C=O) groups excluding carboxylic acids is 3. The summed E-state index contributed by atoms with van der Waals surface area (Å²) in [6, 6.07) is 0. The molecule has 0 aliphatic rings. The highest BCUT2D eigenvalue weighted by Crippen LogP contribution is 2.14. The Morgan fingerprint density at radius 3 is 0.981 bits per heavy atom. The van der Waals surface area contributed by atoms with Gasteiger partial charge < -0.3 is 14.2 Å². The lowest BCUT2D eigenvalue weighted by molar-refractivity contribution is -0.167. The summed E-state index contributed by atoms with van der Waals surface area (Å²) in [7, 11) is 0. The van der Waals surface area contributed by atoms with E-state index in [2.05, 4.69) is 45.1 Å². The van der Waals surface area contributed by atoms with Crippen molar-refractivity contribution < 1.29 is 28.6 Å². The molecule has 310 valence electrons. The smallest absolute Gasteiger partial charge is 0.306 e. The van der Waals surface area contributed by atoms with Crippen molar-refractivity contribution in [2.45, 2.75) is 245 Å². The summed E-state index contributed by atoms with van der Waals surface area (Å²) in [5.41, 5.74) is 0. The van der Waals surface area contributed by atoms with E-state index in [1.165, 1.54) is 128 Å². The van der Waals surface area contributed by atoms with E-state index in [4.69, 9.17) is 14.2 Å². The lowest BCUT2D eigenvalue weighted by atomic mass is 10.1. The van der Waals surface area contributed by atoms with Crippen LogP contribution < -0.4 is 0 Å². The Morgan fingerprint density at radius 2 is 0.623 bits per heavy atom. The molecule has 0 N–H and O–H groups in total. The van der Waals surface area contributed by atoms with Crippen LogP contribution in [0.1, 0.15) is 239 Å². The van der Waals surface area contributed by atoms with Crippen molar-refractivity contribution in [3.05, 3.63) is 24.3 Å². The monoisotopic (exact) mass is 747 g/mol. The first-order chi connectivity index (χ1) is 26.0. The molecule has 0 saturated carbocycles. The molecule has 6 heteroatoms. The summed E-state index contributed by atoms with van der Waals surface area (Å²) in [6.45, 7) is 6.55. The van der Waals surface area contributed by atoms with Gasteiger partial charge in [-0.15, -0.1) is 0 Å². The minimum atomic E-state index is -0.771. The van der Waals surface area contributed by atoms with Gasteiger partial charge in [0.2, 0.25) is 0 Å². The number of rotatable bonds is 41. The minimum Gasteiger partial charge on any atom is -0.462 e. The Labute approximate surface area is 328 Å². The maximum absolute atomic E-state index is 12.7. The van der Waals surface area contributed by atoms with Crippen molar-refractivity contribution in [2.75, 3.05) is 13.2 Å². The zero-order valence-electron chi connectivity index (χ0n) is 35.3. The van der Waals surface area contributed by atoms with Crippen LogP contribution in [0.4, 0.5) is 0 Å². The van der Waals surface area contributed by atoms with Crippen molar-refractivity contribution in [2.24, 2.45) is 0 Å². The Morgan fingerprint density at radius 1 is 0.358 bits per heavy atom. The molecule has 0 spiro atoms. The zero-order chi connectivity index (χ0) is 38.7. The molecule has 0 bridgehead atoms. The highest BCUT2D eigenvalue weighted by atomic mass is 16.6. The molecule has 0 radical (unpaired) electrons. The highest BCUT2D eigenvalue weighted by molar-refractivity contribution is 5.71. The summed E-state index contributed by atoms with van der Waals surface area (Å²) in [4.78, 5) is 37.6. The second-order valence-corrected chi connectivity index (χ2v) is 15.3. The molecular weight excluding hydrogens is 661 g/mol. The molecule has 0 aromatic carbocycles. The maximum Gasteiger partial charge on any atom is 0.306 e. The fraction of sp³-hybridized carbons (Fsp3) is 0.851. The van der Waals surface area contributed by atoms with Gasteiger partial charge in [0.05, 0.1) is 0 Å². The topological polar surface area (TPSA) is 78.9 Å². The summed E-state index contributed by atoms with van der Waals surface area (Å²) < 4.78 is 16.6. The van der Waals surface area contributed by atoms with E-state index in [-0.39, 0.29) is 31.1 Å². The molecule has 0 aliphatic carbocycles. The third-order valence-corrected chi connectivity index (χ3v) is 9.93. The quantitative estimate of drug-likeness (QED) is 0.0268. The van der Waals surface area contributed by atoms with Gasteiger partial charge in [-0.2, -0.15) is 0 Å². The number of ether oxygens (including phenoxy) is 3. The number of allylic oxidation sites excluding steroid dienone is 4. The number of esters is 3. The third-order valence-electron chi connectivity index (χ3n) is 9.93. The van der Waals surface area contributed by atoms with Crippen molar-refractivity contribution in [1.29, 1.82) is 0 Å². The Bertz CT molecular complexity index is 865. The number of unbranched alkanes of at least 4 members (excludes halogenated alkanes) is 26. The first kappa shape index (κ1) is 50.9. The number of hydrogen-bond donors (Lipinski definition) is 0. The van der Waals surface area contributed by atoms with Crippen LogP contribution in [0.2, 0.25) is 0 Å². The van der Waals surface area contributed by atoms with Gasteiger partial charge in [0, 0.05) is 19.3 Å². The van der Waals surface area contributed by atoms with Gasteiger partial charge in [-0.1, -0.05) is 173 Å². The van der Waals surface area contributed by atoms with Crippen LogP contribution in [-0.2, 0) is 28.6 Å². The van der Waals surface area contributed by atoms with Crippen LogP contribution in [0.3, 0.4) is 0 Å². The Kier molecular flexibility index (Phi) is 40.9. The molecule has 0 saturated heterocycles. The van der Waals surface area contributed by atoms with E-state index in [1.54, 1.807) is 0 Å². The van der Waals surface area contributed by atoms with Gasteiger partial charge in [-0.25, -0.2) is 0 Å². The van der Waals surface area contributed by atoms with Crippen molar-refractivity contribution in [3.63, 3.8) is 0 Å². The normalized spacial score (nSPS) is 12.1. The second-order valence-electron chi connectivity index (χ2n) is 15.3. The second kappa shape index (κ2) is 42.6. The van der Waals surface area contributed by atoms with E-state index >= 15 is 0 Å². The van der Waals surface area contributed by atoms with Gasteiger partial charge in [-0.3, -0.25) is 14.4 Å². The molecule has 0 fully saturated rings. The van der Waals surface area contributed by atoms with Gasteiger partial charge in [0.15, 0.2) is 6.10 Å². The molecular formula is C47H86O6. The zero-order valence-corrected chi connectivity index (χ0v) is 35.3. The first-order valence-electron chi connectivity index (χ1n) is 22.8. The van der Waals surface area contributed by atoms with E-state index in [9.17, 15) is 14.4 Å². The molecule has 0 aliphatic heterocycles. The molecule has 1 atom stereocenters. The fourth-order valence-electron chi connectivity index (χ4n) is 6.43. The summed E-state index contributed by atoms with van der Waals surface area (Å²) in [5.74, 6) is -0.896. The predicted molar refractivity (Wildman–Crippen MR) is 224 cm³/mol. The lowest BCUT2D eigenvalue weighted by Gasteiger charge is -2.18. The average Bonchev–Trinajstić information content (AvgIpc) is 3.15. The van der Waals surface area contributed by atoms with E-state index in [0.717, 1.165) is 70.6 Å². The molecule has 0 aromatic heterocycles. The van der Waals surface area contributed by atoms with E-state index in [1.807, 2.05) is 0 Å². The predicted octanol–water partition coefficient (Wildman–Crippen LogP) is 14.4. The van der Waals surface area contributed by atoms with E-state index in [0.29, 0.717) is 19.3 Å². The molecule has 0 aromatic rings. The minimum absolute atomic E-state index is 0.0756. The Hall–Kier alpha value is -2.11. The van der Waals surface area contributed by atoms with E-state index < -0.39 is 6.10 Å². The van der Waals surface area contributed by atoms with Crippen molar-refractivity contribution >= 4 is 17.9 Å². The summed E-state index contributed by atoms with van der Waals surface area (Å²) in [5, 5.41) is 0. The third kappa shape index (κ3) is 40.9. The van der Waals surface area contributed by atoms with Crippen LogP contribution in [0, 0.1) is 0 Å². The summed E-state index contributed by atoms with van der Waals surface area (Å²) in [6.07, 6.45) is 46.0. The van der Waals surface area contributed by atoms with Crippen LogP contribution in [0.5, 0.6) is 0 Å². The van der Waals surface area contributed by atoms with Crippen LogP contribution in [-0.4, -0.2) is 37.2 Å². The number of carbonyl (C=O) groups is 3. The van der Waals surface area contributed by atoms with Crippen LogP contribution in [0.15, 0.2) is 24.3 Å². The molecule has 0 heterocycles. The highest BCUT2D eigenvalue weighted by Gasteiger charge is 2.19. The first-order valence-corrected chi connectivity index (χ1v) is 22.8. The van der Waals surface area contributed by atoms with Crippen LogP contribution in [0.25, 0.3) is 0 Å². The SMILES string of the molecule is CCCCC/C=C\CCCCCCCC(=O)OC(COC(=O)CCCCCCC/C=C\CCCCCCCCC)COC(=O)CCCCCCCCC. The Balaban J connectivity index is 4.29. The lowest BCUT2D eigenvalue weighted by Crippen LogP contribution is -2.30. The maximum atomic E-state index is 12.7. The molecule has 1 unspecified atom stereocenters.